The molecule has 0 saturated heterocycles. The molecule has 4 aromatic rings. The molecule has 0 heterocycles. The molecule has 0 atom stereocenters. The van der Waals surface area contributed by atoms with E-state index in [1.54, 1.807) is 36.4 Å². The number of nitrogens with zero attached hydrogens (tertiary/aromatic N) is 2. The van der Waals surface area contributed by atoms with Gasteiger partial charge in [-0.25, -0.2) is 0 Å². The predicted octanol–water partition coefficient (Wildman–Crippen LogP) is 8.62. The number of carbonyl (C=O) groups is 1. The van der Waals surface area contributed by atoms with Crippen molar-refractivity contribution in [2.45, 2.75) is 27.7 Å². The van der Waals surface area contributed by atoms with Gasteiger partial charge >= 0.3 is 0 Å². The topological polar surface area (TPSA) is 43.8 Å². The van der Waals surface area contributed by atoms with Gasteiger partial charge in [-0.15, -0.1) is 0 Å². The second-order valence-electron chi connectivity index (χ2n) is 9.09. The first kappa shape index (κ1) is 32.7. The highest BCUT2D eigenvalue weighted by Crippen LogP contribution is 2.13. The van der Waals surface area contributed by atoms with E-state index in [1.165, 1.54) is 28.6 Å². The fourth-order valence-electron chi connectivity index (χ4n) is 3.31. The summed E-state index contributed by atoms with van der Waals surface area (Å²) in [7, 11) is 8.20. The van der Waals surface area contributed by atoms with Crippen molar-refractivity contribution < 1.29 is 9.90 Å². The minimum Gasteiger partial charge on any atom is -0.507 e. The SMILES string of the molecule is CC.Cc1cccc(N(C)C)c1.Cc1cccc(N(C)C)c1.O=C(/C=C(\O)c1ccccc1)c1ccccc1. The number of rotatable bonds is 5. The van der Waals surface area contributed by atoms with Crippen LogP contribution in [-0.4, -0.2) is 39.1 Å². The third-order valence-corrected chi connectivity index (χ3v) is 5.43. The lowest BCUT2D eigenvalue weighted by molar-refractivity contribution is 0.104. The van der Waals surface area contributed by atoms with Crippen molar-refractivity contribution in [2.24, 2.45) is 0 Å². The van der Waals surface area contributed by atoms with Gasteiger partial charge in [-0.3, -0.25) is 4.79 Å². The predicted molar refractivity (Wildman–Crippen MR) is 170 cm³/mol. The molecular weight excluding hydrogens is 480 g/mol. The molecule has 0 fully saturated rings. The number of ketones is 1. The van der Waals surface area contributed by atoms with Gasteiger partial charge in [0.2, 0.25) is 0 Å². The van der Waals surface area contributed by atoms with Gasteiger partial charge in [0.15, 0.2) is 5.78 Å². The number of allylic oxidation sites excluding steroid dienone is 1. The summed E-state index contributed by atoms with van der Waals surface area (Å²) in [5.74, 6) is -0.216. The summed E-state index contributed by atoms with van der Waals surface area (Å²) >= 11 is 0. The van der Waals surface area contributed by atoms with Crippen molar-refractivity contribution in [2.75, 3.05) is 38.0 Å². The zero-order chi connectivity index (χ0) is 29.2. The van der Waals surface area contributed by atoms with E-state index in [1.807, 2.05) is 38.1 Å². The van der Waals surface area contributed by atoms with E-state index in [-0.39, 0.29) is 11.5 Å². The normalized spacial score (nSPS) is 9.90. The zero-order valence-corrected chi connectivity index (χ0v) is 24.7. The Morgan fingerprint density at radius 3 is 1.31 bits per heavy atom. The third kappa shape index (κ3) is 12.7. The molecule has 4 rings (SSSR count). The van der Waals surface area contributed by atoms with E-state index in [2.05, 4.69) is 100 Å². The number of aryl methyl sites for hydroxylation is 2. The van der Waals surface area contributed by atoms with Gasteiger partial charge in [0.05, 0.1) is 0 Å². The van der Waals surface area contributed by atoms with Crippen molar-refractivity contribution in [3.8, 4) is 0 Å². The molecule has 206 valence electrons. The smallest absolute Gasteiger partial charge is 0.189 e. The highest BCUT2D eigenvalue weighted by Gasteiger charge is 2.04. The van der Waals surface area contributed by atoms with Gasteiger partial charge in [-0.05, 0) is 49.2 Å². The van der Waals surface area contributed by atoms with Gasteiger partial charge in [0, 0.05) is 56.8 Å². The van der Waals surface area contributed by atoms with Crippen LogP contribution in [0.2, 0.25) is 0 Å². The van der Waals surface area contributed by atoms with Crippen molar-refractivity contribution in [1.29, 1.82) is 0 Å². The summed E-state index contributed by atoms with van der Waals surface area (Å²) in [5, 5.41) is 9.79. The number of aliphatic hydroxyl groups is 1. The van der Waals surface area contributed by atoms with Crippen LogP contribution in [0, 0.1) is 13.8 Å². The molecule has 1 N–H and O–H groups in total. The minimum absolute atomic E-state index is 0.0144. The molecule has 4 nitrogen and oxygen atoms in total. The second-order valence-corrected chi connectivity index (χ2v) is 9.09. The maximum atomic E-state index is 11.8. The molecule has 4 heteroatoms. The first-order valence-electron chi connectivity index (χ1n) is 13.2. The van der Waals surface area contributed by atoms with Crippen LogP contribution in [-0.2, 0) is 0 Å². The zero-order valence-electron chi connectivity index (χ0n) is 24.7. The largest absolute Gasteiger partial charge is 0.507 e. The third-order valence-electron chi connectivity index (χ3n) is 5.43. The van der Waals surface area contributed by atoms with Gasteiger partial charge < -0.3 is 14.9 Å². The first-order chi connectivity index (χ1) is 18.7. The highest BCUT2D eigenvalue weighted by atomic mass is 16.3. The Kier molecular flexibility index (Phi) is 15.1. The number of aliphatic hydroxyl groups excluding tert-OH is 1. The molecule has 0 spiro atoms. The number of benzene rings is 4. The van der Waals surface area contributed by atoms with Crippen LogP contribution in [0.25, 0.3) is 5.76 Å². The maximum Gasteiger partial charge on any atom is 0.189 e. The molecule has 4 aromatic carbocycles. The maximum absolute atomic E-state index is 11.8. The molecule has 0 unspecified atom stereocenters. The lowest BCUT2D eigenvalue weighted by Gasteiger charge is -2.11. The van der Waals surface area contributed by atoms with Crippen molar-refractivity contribution in [3.05, 3.63) is 138 Å². The van der Waals surface area contributed by atoms with E-state index < -0.39 is 0 Å². The van der Waals surface area contributed by atoms with Crippen molar-refractivity contribution in [3.63, 3.8) is 0 Å². The fourth-order valence-corrected chi connectivity index (χ4v) is 3.31. The Morgan fingerprint density at radius 1 is 0.590 bits per heavy atom. The standard InChI is InChI=1S/C15H12O2.2C9H13N.C2H6/c16-14(12-7-3-1-4-8-12)11-15(17)13-9-5-2-6-10-13;2*1-8-5-4-6-9(7-8)10(2)3;1-2/h1-11,16H;2*4-7H,1-3H3;1-2H3/b14-11-;;;. The summed E-state index contributed by atoms with van der Waals surface area (Å²) in [6.45, 7) is 8.21. The number of carbonyl (C=O) groups excluding carboxylic acids is 1. The summed E-state index contributed by atoms with van der Waals surface area (Å²) in [6, 6.07) is 34.8. The quantitative estimate of drug-likeness (QED) is 0.161. The van der Waals surface area contributed by atoms with Crippen LogP contribution in [0.15, 0.2) is 115 Å². The van der Waals surface area contributed by atoms with Crippen LogP contribution in [0.4, 0.5) is 11.4 Å². The van der Waals surface area contributed by atoms with Gasteiger partial charge in [0.25, 0.3) is 0 Å². The fraction of sp³-hybridized carbons (Fsp3) is 0.229. The molecular formula is C35H44N2O2. The Labute approximate surface area is 235 Å². The van der Waals surface area contributed by atoms with Crippen LogP contribution in [0.3, 0.4) is 0 Å². The van der Waals surface area contributed by atoms with E-state index >= 15 is 0 Å². The highest BCUT2D eigenvalue weighted by molar-refractivity contribution is 6.07. The Bertz CT molecular complexity index is 1210. The number of anilines is 2. The van der Waals surface area contributed by atoms with Crippen molar-refractivity contribution in [1.82, 2.24) is 0 Å². The summed E-state index contributed by atoms with van der Waals surface area (Å²) < 4.78 is 0. The molecule has 0 aliphatic carbocycles. The van der Waals surface area contributed by atoms with E-state index in [4.69, 9.17) is 0 Å². The summed E-state index contributed by atoms with van der Waals surface area (Å²) in [6.07, 6.45) is 1.24. The molecule has 0 radical (unpaired) electrons. The molecule has 0 amide bonds. The van der Waals surface area contributed by atoms with Crippen LogP contribution in [0.5, 0.6) is 0 Å². The lowest BCUT2D eigenvalue weighted by Crippen LogP contribution is -2.08. The summed E-state index contributed by atoms with van der Waals surface area (Å²) in [4.78, 5) is 16.0. The molecule has 0 bridgehead atoms. The molecule has 0 saturated carbocycles. The second kappa shape index (κ2) is 18.0. The molecule has 0 aliphatic heterocycles. The molecule has 39 heavy (non-hydrogen) atoms. The first-order valence-corrected chi connectivity index (χ1v) is 13.2. The Balaban J connectivity index is 0.000000299. The van der Waals surface area contributed by atoms with E-state index in [0.717, 1.165) is 0 Å². The monoisotopic (exact) mass is 524 g/mol. The lowest BCUT2D eigenvalue weighted by atomic mass is 10.1. The van der Waals surface area contributed by atoms with E-state index in [9.17, 15) is 9.90 Å². The average molecular weight is 525 g/mol. The summed E-state index contributed by atoms with van der Waals surface area (Å²) in [5.41, 5.74) is 6.35. The average Bonchev–Trinajstić information content (AvgIpc) is 2.95. The number of hydrogen-bond donors (Lipinski definition) is 1. The molecule has 0 aromatic heterocycles. The Hall–Kier alpha value is -4.31. The van der Waals surface area contributed by atoms with Gasteiger partial charge in [-0.1, -0.05) is 98.8 Å². The van der Waals surface area contributed by atoms with Crippen LogP contribution >= 0.6 is 0 Å². The van der Waals surface area contributed by atoms with E-state index in [0.29, 0.717) is 11.1 Å². The van der Waals surface area contributed by atoms with Crippen molar-refractivity contribution >= 4 is 22.9 Å². The Morgan fingerprint density at radius 2 is 0.974 bits per heavy atom. The minimum atomic E-state index is -0.202. The van der Waals surface area contributed by atoms with Gasteiger partial charge in [-0.2, -0.15) is 0 Å². The van der Waals surface area contributed by atoms with Crippen LogP contribution in [0.1, 0.15) is 40.9 Å². The van der Waals surface area contributed by atoms with Crippen LogP contribution < -0.4 is 9.80 Å². The van der Waals surface area contributed by atoms with Gasteiger partial charge in [0.1, 0.15) is 5.76 Å². The number of hydrogen-bond acceptors (Lipinski definition) is 4. The molecule has 0 aliphatic rings.